The fourth-order valence-corrected chi connectivity index (χ4v) is 5.84. The maximum atomic E-state index is 12.5. The zero-order valence-electron chi connectivity index (χ0n) is 18.4. The van der Waals surface area contributed by atoms with Crippen LogP contribution in [0.15, 0.2) is 66.2 Å². The SMILES string of the molecule is C=CCn1c(=NC(=O)CCCS(=O)(=O)Cc2ccccc2)sc2cc(C(=O)OCC)ccc21. The summed E-state index contributed by atoms with van der Waals surface area (Å²) in [5, 5.41) is 0. The number of hydrogen-bond donors (Lipinski definition) is 0. The standard InChI is InChI=1S/C24H26N2O5S2/c1-3-14-26-20-13-12-19(23(28)31-4-2)16-21(20)32-24(26)25-22(27)11-8-15-33(29,30)17-18-9-6-5-7-10-18/h3,5-7,9-10,12-13,16H,1,4,8,11,14-15,17H2,2H3. The number of fused-ring (bicyclic) bond motifs is 1. The molecule has 0 aliphatic rings. The second-order valence-electron chi connectivity index (χ2n) is 7.37. The molecule has 0 N–H and O–H groups in total. The molecule has 1 aromatic heterocycles. The van der Waals surface area contributed by atoms with Crippen LogP contribution in [0.25, 0.3) is 10.2 Å². The molecule has 0 saturated carbocycles. The first-order chi connectivity index (χ1) is 15.8. The summed E-state index contributed by atoms with van der Waals surface area (Å²) < 4.78 is 32.4. The molecule has 0 unspecified atom stereocenters. The number of allylic oxidation sites excluding steroid dienone is 1. The summed E-state index contributed by atoms with van der Waals surface area (Å²) >= 11 is 1.28. The van der Waals surface area contributed by atoms with E-state index < -0.39 is 15.8 Å². The van der Waals surface area contributed by atoms with Crippen LogP contribution in [0.4, 0.5) is 0 Å². The summed E-state index contributed by atoms with van der Waals surface area (Å²) in [5.41, 5.74) is 1.98. The Bertz CT molecular complexity index is 1320. The third-order valence-electron chi connectivity index (χ3n) is 4.80. The fraction of sp³-hybridized carbons (Fsp3) is 0.292. The van der Waals surface area contributed by atoms with Crippen molar-refractivity contribution in [1.82, 2.24) is 4.57 Å². The van der Waals surface area contributed by atoms with Gasteiger partial charge in [-0.2, -0.15) is 4.99 Å². The van der Waals surface area contributed by atoms with E-state index in [1.807, 2.05) is 10.6 Å². The minimum absolute atomic E-state index is 0.0322. The van der Waals surface area contributed by atoms with Gasteiger partial charge in [-0.15, -0.1) is 6.58 Å². The highest BCUT2D eigenvalue weighted by atomic mass is 32.2. The van der Waals surface area contributed by atoms with E-state index in [9.17, 15) is 18.0 Å². The van der Waals surface area contributed by atoms with E-state index in [1.165, 1.54) is 11.3 Å². The minimum Gasteiger partial charge on any atom is -0.462 e. The van der Waals surface area contributed by atoms with Crippen LogP contribution in [-0.2, 0) is 31.7 Å². The average Bonchev–Trinajstić information content (AvgIpc) is 3.10. The van der Waals surface area contributed by atoms with Crippen LogP contribution >= 0.6 is 11.3 Å². The predicted molar refractivity (Wildman–Crippen MR) is 130 cm³/mol. The smallest absolute Gasteiger partial charge is 0.338 e. The van der Waals surface area contributed by atoms with Gasteiger partial charge in [-0.05, 0) is 37.1 Å². The van der Waals surface area contributed by atoms with E-state index in [0.29, 0.717) is 16.9 Å². The van der Waals surface area contributed by atoms with Crippen LogP contribution in [-0.4, -0.2) is 37.2 Å². The Labute approximate surface area is 197 Å². The Balaban J connectivity index is 1.74. The molecule has 1 heterocycles. The van der Waals surface area contributed by atoms with Crippen molar-refractivity contribution in [3.63, 3.8) is 0 Å². The Kier molecular flexibility index (Phi) is 8.35. The first-order valence-corrected chi connectivity index (χ1v) is 13.2. The van der Waals surface area contributed by atoms with Gasteiger partial charge in [0.25, 0.3) is 0 Å². The van der Waals surface area contributed by atoms with Gasteiger partial charge in [0.05, 0.1) is 33.9 Å². The van der Waals surface area contributed by atoms with Crippen LogP contribution in [0.3, 0.4) is 0 Å². The Morgan fingerprint density at radius 1 is 1.18 bits per heavy atom. The summed E-state index contributed by atoms with van der Waals surface area (Å²) in [7, 11) is -3.31. The molecular formula is C24H26N2O5S2. The van der Waals surface area contributed by atoms with Gasteiger partial charge in [-0.3, -0.25) is 4.79 Å². The maximum Gasteiger partial charge on any atom is 0.338 e. The molecule has 0 atom stereocenters. The van der Waals surface area contributed by atoms with Gasteiger partial charge >= 0.3 is 5.97 Å². The number of sulfone groups is 1. The molecule has 0 aliphatic carbocycles. The lowest BCUT2D eigenvalue weighted by molar-refractivity contribution is -0.118. The van der Waals surface area contributed by atoms with Crippen molar-refractivity contribution in [3.05, 3.63) is 77.1 Å². The number of thiazole rings is 1. The van der Waals surface area contributed by atoms with Crippen LogP contribution in [0.5, 0.6) is 0 Å². The van der Waals surface area contributed by atoms with Crippen molar-refractivity contribution in [2.75, 3.05) is 12.4 Å². The van der Waals surface area contributed by atoms with Gasteiger partial charge in [0.2, 0.25) is 5.91 Å². The predicted octanol–water partition coefficient (Wildman–Crippen LogP) is 3.89. The summed E-state index contributed by atoms with van der Waals surface area (Å²) in [6, 6.07) is 14.2. The molecule has 2 aromatic carbocycles. The normalized spacial score (nSPS) is 12.1. The number of carbonyl (C=O) groups is 2. The number of aromatic nitrogens is 1. The first-order valence-electron chi connectivity index (χ1n) is 10.6. The highest BCUT2D eigenvalue weighted by molar-refractivity contribution is 7.90. The maximum absolute atomic E-state index is 12.5. The summed E-state index contributed by atoms with van der Waals surface area (Å²) in [6.45, 7) is 6.23. The van der Waals surface area contributed by atoms with E-state index >= 15 is 0 Å². The second kappa shape index (κ2) is 11.2. The fourth-order valence-electron chi connectivity index (χ4n) is 3.31. The highest BCUT2D eigenvalue weighted by Crippen LogP contribution is 2.20. The molecule has 3 rings (SSSR count). The largest absolute Gasteiger partial charge is 0.462 e. The second-order valence-corrected chi connectivity index (χ2v) is 10.6. The van der Waals surface area contributed by atoms with Gasteiger partial charge in [0.15, 0.2) is 14.6 Å². The average molecular weight is 487 g/mol. The number of benzene rings is 2. The molecule has 0 radical (unpaired) electrons. The van der Waals surface area contributed by atoms with E-state index in [4.69, 9.17) is 4.74 Å². The molecular weight excluding hydrogens is 460 g/mol. The van der Waals surface area contributed by atoms with Gasteiger partial charge in [-0.25, -0.2) is 13.2 Å². The van der Waals surface area contributed by atoms with Crippen LogP contribution < -0.4 is 4.80 Å². The number of carbonyl (C=O) groups excluding carboxylic acids is 2. The number of esters is 1. The van der Waals surface area contributed by atoms with Gasteiger partial charge in [0.1, 0.15) is 0 Å². The summed E-state index contributed by atoms with van der Waals surface area (Å²) in [5.74, 6) is -0.919. The molecule has 0 saturated heterocycles. The first kappa shape index (κ1) is 24.6. The number of ether oxygens (including phenoxy) is 1. The highest BCUT2D eigenvalue weighted by Gasteiger charge is 2.14. The van der Waals surface area contributed by atoms with Crippen LogP contribution in [0.2, 0.25) is 0 Å². The molecule has 174 valence electrons. The Morgan fingerprint density at radius 3 is 2.64 bits per heavy atom. The van der Waals surface area contributed by atoms with E-state index in [-0.39, 0.29) is 36.9 Å². The Morgan fingerprint density at radius 2 is 1.94 bits per heavy atom. The van der Waals surface area contributed by atoms with Gasteiger partial charge in [-0.1, -0.05) is 47.7 Å². The molecule has 0 bridgehead atoms. The van der Waals surface area contributed by atoms with E-state index in [1.54, 1.807) is 55.5 Å². The van der Waals surface area contributed by atoms with Crippen LogP contribution in [0.1, 0.15) is 35.7 Å². The van der Waals surface area contributed by atoms with Gasteiger partial charge < -0.3 is 9.30 Å². The van der Waals surface area contributed by atoms with Crippen molar-refractivity contribution in [2.45, 2.75) is 32.1 Å². The van der Waals surface area contributed by atoms with Crippen molar-refractivity contribution in [3.8, 4) is 0 Å². The van der Waals surface area contributed by atoms with Crippen molar-refractivity contribution in [2.24, 2.45) is 4.99 Å². The molecule has 0 aliphatic heterocycles. The molecule has 0 spiro atoms. The third kappa shape index (κ3) is 6.72. The van der Waals surface area contributed by atoms with Crippen molar-refractivity contribution in [1.29, 1.82) is 0 Å². The number of amides is 1. The lowest BCUT2D eigenvalue weighted by Gasteiger charge is -2.04. The molecule has 9 heteroatoms. The molecule has 0 fully saturated rings. The molecule has 1 amide bonds. The topological polar surface area (TPSA) is 94.8 Å². The summed E-state index contributed by atoms with van der Waals surface area (Å²) in [4.78, 5) is 29.2. The lowest BCUT2D eigenvalue weighted by Crippen LogP contribution is -2.17. The number of hydrogen-bond acceptors (Lipinski definition) is 6. The lowest BCUT2D eigenvalue weighted by atomic mass is 10.2. The third-order valence-corrected chi connectivity index (χ3v) is 7.53. The zero-order chi connectivity index (χ0) is 23.8. The van der Waals surface area contributed by atoms with Crippen molar-refractivity contribution >= 4 is 43.3 Å². The monoisotopic (exact) mass is 486 g/mol. The van der Waals surface area contributed by atoms with E-state index in [2.05, 4.69) is 11.6 Å². The molecule has 33 heavy (non-hydrogen) atoms. The Hall–Kier alpha value is -3.04. The number of rotatable bonds is 10. The number of nitrogens with zero attached hydrogens (tertiary/aromatic N) is 2. The molecule has 3 aromatic rings. The zero-order valence-corrected chi connectivity index (χ0v) is 20.0. The molecule has 7 nitrogen and oxygen atoms in total. The summed E-state index contributed by atoms with van der Waals surface area (Å²) in [6.07, 6.45) is 1.94. The van der Waals surface area contributed by atoms with Crippen LogP contribution in [0, 0.1) is 0 Å². The quantitative estimate of drug-likeness (QED) is 0.320. The minimum atomic E-state index is -3.31. The van der Waals surface area contributed by atoms with Crippen molar-refractivity contribution < 1.29 is 22.7 Å². The van der Waals surface area contributed by atoms with E-state index in [0.717, 1.165) is 15.8 Å². The van der Waals surface area contributed by atoms with Gasteiger partial charge in [0, 0.05) is 13.0 Å².